The number of aromatic nitrogens is 1. The molecule has 0 radical (unpaired) electrons. The van der Waals surface area contributed by atoms with Crippen molar-refractivity contribution in [2.75, 3.05) is 23.7 Å². The van der Waals surface area contributed by atoms with E-state index in [4.69, 9.17) is 4.42 Å². The maximum atomic E-state index is 12.3. The van der Waals surface area contributed by atoms with Crippen molar-refractivity contribution in [3.8, 4) is 0 Å². The summed E-state index contributed by atoms with van der Waals surface area (Å²) in [6.07, 6.45) is 4.62. The number of nitrogens with one attached hydrogen (secondary N) is 2. The van der Waals surface area contributed by atoms with E-state index < -0.39 is 0 Å². The number of carbonyl (C=O) groups is 1. The zero-order chi connectivity index (χ0) is 17.6. The van der Waals surface area contributed by atoms with Crippen LogP contribution in [0.4, 0.5) is 16.2 Å². The minimum atomic E-state index is -0.00429. The van der Waals surface area contributed by atoms with Gasteiger partial charge < -0.3 is 20.0 Å². The molecule has 0 aliphatic carbocycles. The molecule has 1 saturated heterocycles. The van der Waals surface area contributed by atoms with Gasteiger partial charge >= 0.3 is 6.03 Å². The molecule has 134 valence electrons. The predicted octanol–water partition coefficient (Wildman–Crippen LogP) is 4.31. The highest BCUT2D eigenvalue weighted by molar-refractivity contribution is 5.89. The molecule has 1 aliphatic heterocycles. The fourth-order valence-corrected chi connectivity index (χ4v) is 3.07. The first-order valence-corrected chi connectivity index (χ1v) is 8.94. The third-order valence-electron chi connectivity index (χ3n) is 4.48. The van der Waals surface area contributed by atoms with Crippen LogP contribution in [0.1, 0.15) is 43.0 Å². The van der Waals surface area contributed by atoms with Crippen molar-refractivity contribution in [2.24, 2.45) is 0 Å². The number of hydrogen-bond donors (Lipinski definition) is 2. The number of likely N-dealkylation sites (tertiary alicyclic amines) is 1. The highest BCUT2D eigenvalue weighted by Crippen LogP contribution is 2.17. The molecule has 1 aromatic heterocycles. The smallest absolute Gasteiger partial charge is 0.321 e. The lowest BCUT2D eigenvalue weighted by Crippen LogP contribution is -2.35. The van der Waals surface area contributed by atoms with E-state index in [1.165, 1.54) is 12.8 Å². The number of rotatable bonds is 4. The number of carbonyl (C=O) groups excluding carboxylic acids is 1. The number of nitrogens with zero attached hydrogens (tertiary/aromatic N) is 2. The molecule has 2 aromatic rings. The van der Waals surface area contributed by atoms with Crippen molar-refractivity contribution < 1.29 is 9.21 Å². The molecule has 2 heterocycles. The standard InChI is InChI=1S/C19H26N4O2/c1-14-18(25-15(2)21-14)13-20-16-7-9-17(10-8-16)22-19(24)23-11-5-3-4-6-12-23/h7-10,20H,3-6,11-13H2,1-2H3,(H,22,24). The Hall–Kier alpha value is -2.50. The molecule has 2 N–H and O–H groups in total. The number of aryl methyl sites for hydroxylation is 2. The first-order chi connectivity index (χ1) is 12.1. The quantitative estimate of drug-likeness (QED) is 0.868. The summed E-state index contributed by atoms with van der Waals surface area (Å²) in [7, 11) is 0. The highest BCUT2D eigenvalue weighted by atomic mass is 16.4. The minimum absolute atomic E-state index is 0.00429. The monoisotopic (exact) mass is 342 g/mol. The van der Waals surface area contributed by atoms with Gasteiger partial charge in [0.05, 0.1) is 12.2 Å². The lowest BCUT2D eigenvalue weighted by Gasteiger charge is -2.20. The van der Waals surface area contributed by atoms with Gasteiger partial charge in [-0.1, -0.05) is 12.8 Å². The number of hydrogen-bond acceptors (Lipinski definition) is 4. The van der Waals surface area contributed by atoms with E-state index in [9.17, 15) is 4.79 Å². The molecule has 1 fully saturated rings. The molecule has 0 atom stereocenters. The third kappa shape index (κ3) is 4.75. The number of oxazole rings is 1. The van der Waals surface area contributed by atoms with Crippen LogP contribution in [0.3, 0.4) is 0 Å². The Morgan fingerprint density at radius 2 is 1.72 bits per heavy atom. The Morgan fingerprint density at radius 3 is 2.32 bits per heavy atom. The van der Waals surface area contributed by atoms with E-state index in [1.807, 2.05) is 43.0 Å². The molecule has 0 saturated carbocycles. The molecule has 3 rings (SSSR count). The van der Waals surface area contributed by atoms with E-state index in [0.29, 0.717) is 12.4 Å². The summed E-state index contributed by atoms with van der Waals surface area (Å²) >= 11 is 0. The lowest BCUT2D eigenvalue weighted by atomic mass is 10.2. The van der Waals surface area contributed by atoms with Crippen molar-refractivity contribution in [3.05, 3.63) is 41.6 Å². The number of urea groups is 1. The molecule has 6 heteroatoms. The number of benzene rings is 1. The average Bonchev–Trinajstić information content (AvgIpc) is 2.81. The minimum Gasteiger partial charge on any atom is -0.444 e. The van der Waals surface area contributed by atoms with Crippen molar-refractivity contribution in [3.63, 3.8) is 0 Å². The molecule has 2 amide bonds. The Kier molecular flexibility index (Phi) is 5.58. The first kappa shape index (κ1) is 17.3. The Morgan fingerprint density at radius 1 is 1.08 bits per heavy atom. The second kappa shape index (κ2) is 8.05. The zero-order valence-electron chi connectivity index (χ0n) is 15.0. The van der Waals surface area contributed by atoms with Crippen molar-refractivity contribution in [1.82, 2.24) is 9.88 Å². The van der Waals surface area contributed by atoms with Gasteiger partial charge in [-0.2, -0.15) is 0 Å². The van der Waals surface area contributed by atoms with Gasteiger partial charge in [-0.05, 0) is 44.0 Å². The molecule has 6 nitrogen and oxygen atoms in total. The predicted molar refractivity (Wildman–Crippen MR) is 98.8 cm³/mol. The van der Waals surface area contributed by atoms with Gasteiger partial charge in [0.15, 0.2) is 5.89 Å². The molecule has 0 bridgehead atoms. The van der Waals surface area contributed by atoms with Crippen molar-refractivity contribution >= 4 is 17.4 Å². The largest absolute Gasteiger partial charge is 0.444 e. The SMILES string of the molecule is Cc1nc(C)c(CNc2ccc(NC(=O)N3CCCCCC3)cc2)o1. The van der Waals surface area contributed by atoms with Crippen LogP contribution < -0.4 is 10.6 Å². The summed E-state index contributed by atoms with van der Waals surface area (Å²) < 4.78 is 5.55. The normalized spacial score (nSPS) is 14.9. The molecular weight excluding hydrogens is 316 g/mol. The van der Waals surface area contributed by atoms with E-state index >= 15 is 0 Å². The van der Waals surface area contributed by atoms with Crippen molar-refractivity contribution in [2.45, 2.75) is 46.1 Å². The highest BCUT2D eigenvalue weighted by Gasteiger charge is 2.15. The van der Waals surface area contributed by atoms with Crippen LogP contribution in [0.15, 0.2) is 28.7 Å². The summed E-state index contributed by atoms with van der Waals surface area (Å²) in [6.45, 7) is 6.07. The lowest BCUT2D eigenvalue weighted by molar-refractivity contribution is 0.214. The van der Waals surface area contributed by atoms with Crippen LogP contribution in [0.25, 0.3) is 0 Å². The van der Waals surface area contributed by atoms with E-state index in [0.717, 1.165) is 48.8 Å². The molecule has 1 aromatic carbocycles. The molecule has 0 unspecified atom stereocenters. The van der Waals surface area contributed by atoms with Gasteiger partial charge in [-0.3, -0.25) is 0 Å². The summed E-state index contributed by atoms with van der Waals surface area (Å²) in [5, 5.41) is 6.29. The second-order valence-electron chi connectivity index (χ2n) is 6.50. The number of anilines is 2. The van der Waals surface area contributed by atoms with Gasteiger partial charge in [0.1, 0.15) is 5.76 Å². The van der Waals surface area contributed by atoms with Gasteiger partial charge in [0.25, 0.3) is 0 Å². The van der Waals surface area contributed by atoms with E-state index in [-0.39, 0.29) is 6.03 Å². The Balaban J connectivity index is 1.53. The van der Waals surface area contributed by atoms with Crippen LogP contribution in [0, 0.1) is 13.8 Å². The maximum Gasteiger partial charge on any atom is 0.321 e. The number of amides is 2. The van der Waals surface area contributed by atoms with Crippen LogP contribution in [-0.4, -0.2) is 29.0 Å². The van der Waals surface area contributed by atoms with Crippen molar-refractivity contribution in [1.29, 1.82) is 0 Å². The third-order valence-corrected chi connectivity index (χ3v) is 4.48. The fourth-order valence-electron chi connectivity index (χ4n) is 3.07. The topological polar surface area (TPSA) is 70.4 Å². The molecule has 0 spiro atoms. The van der Waals surface area contributed by atoms with Crippen LogP contribution >= 0.6 is 0 Å². The maximum absolute atomic E-state index is 12.3. The Labute approximate surface area is 148 Å². The van der Waals surface area contributed by atoms with Gasteiger partial charge in [0.2, 0.25) is 0 Å². The molecular formula is C19H26N4O2. The fraction of sp³-hybridized carbons (Fsp3) is 0.474. The average molecular weight is 342 g/mol. The summed E-state index contributed by atoms with van der Waals surface area (Å²) in [5.41, 5.74) is 2.69. The summed E-state index contributed by atoms with van der Waals surface area (Å²) in [6, 6.07) is 7.73. The summed E-state index contributed by atoms with van der Waals surface area (Å²) in [4.78, 5) is 18.5. The van der Waals surface area contributed by atoms with Gasteiger partial charge in [0, 0.05) is 31.4 Å². The summed E-state index contributed by atoms with van der Waals surface area (Å²) in [5.74, 6) is 1.52. The second-order valence-corrected chi connectivity index (χ2v) is 6.50. The van der Waals surface area contributed by atoms with Gasteiger partial charge in [-0.25, -0.2) is 9.78 Å². The van der Waals surface area contributed by atoms with E-state index in [1.54, 1.807) is 0 Å². The van der Waals surface area contributed by atoms with Crippen LogP contribution in [-0.2, 0) is 6.54 Å². The van der Waals surface area contributed by atoms with Gasteiger partial charge in [-0.15, -0.1) is 0 Å². The van der Waals surface area contributed by atoms with Crippen LogP contribution in [0.2, 0.25) is 0 Å². The van der Waals surface area contributed by atoms with E-state index in [2.05, 4.69) is 15.6 Å². The van der Waals surface area contributed by atoms with Crippen LogP contribution in [0.5, 0.6) is 0 Å². The molecule has 1 aliphatic rings. The zero-order valence-corrected chi connectivity index (χ0v) is 15.0. The molecule has 25 heavy (non-hydrogen) atoms. The Bertz CT molecular complexity index is 701. The first-order valence-electron chi connectivity index (χ1n) is 8.94.